The van der Waals surface area contributed by atoms with Gasteiger partial charge in [-0.25, -0.2) is 0 Å². The maximum atomic E-state index is 12.4. The standard InChI is InChI=1S/C18H28BrN3O.ClH/c1-2-16(13-15-5-3-6-17(19)14-15)18(23)21-7-4-10-22-11-8-20-9-12-22;/h3,5-6,14,16,20H,2,4,7-13H2,1H3,(H,21,23);1H. The molecular formula is C18H29BrClN3O. The summed E-state index contributed by atoms with van der Waals surface area (Å²) in [4.78, 5) is 14.8. The van der Waals surface area contributed by atoms with Crippen molar-refractivity contribution in [2.45, 2.75) is 26.2 Å². The molecule has 1 aromatic rings. The summed E-state index contributed by atoms with van der Waals surface area (Å²) in [5.74, 6) is 0.247. The molecule has 0 spiro atoms. The number of amides is 1. The van der Waals surface area contributed by atoms with Crippen molar-refractivity contribution in [2.75, 3.05) is 39.3 Å². The van der Waals surface area contributed by atoms with Crippen molar-refractivity contribution in [1.82, 2.24) is 15.5 Å². The summed E-state index contributed by atoms with van der Waals surface area (Å²) < 4.78 is 1.07. The highest BCUT2D eigenvalue weighted by Gasteiger charge is 2.17. The van der Waals surface area contributed by atoms with Crippen LogP contribution in [0.25, 0.3) is 0 Å². The van der Waals surface area contributed by atoms with Crippen LogP contribution in [0.3, 0.4) is 0 Å². The van der Waals surface area contributed by atoms with E-state index in [1.165, 1.54) is 5.56 Å². The number of hydrogen-bond donors (Lipinski definition) is 2. The third-order valence-electron chi connectivity index (χ3n) is 4.39. The van der Waals surface area contributed by atoms with E-state index in [0.29, 0.717) is 0 Å². The minimum absolute atomic E-state index is 0. The van der Waals surface area contributed by atoms with E-state index in [4.69, 9.17) is 0 Å². The number of nitrogens with one attached hydrogen (secondary N) is 2. The van der Waals surface area contributed by atoms with Crippen LogP contribution in [0.2, 0.25) is 0 Å². The molecule has 2 N–H and O–H groups in total. The van der Waals surface area contributed by atoms with Gasteiger partial charge < -0.3 is 15.5 Å². The molecule has 1 saturated heterocycles. The summed E-state index contributed by atoms with van der Waals surface area (Å²) in [6, 6.07) is 8.23. The zero-order chi connectivity index (χ0) is 16.5. The first-order valence-corrected chi connectivity index (χ1v) is 9.43. The zero-order valence-corrected chi connectivity index (χ0v) is 16.8. The van der Waals surface area contributed by atoms with Gasteiger partial charge in [0.1, 0.15) is 0 Å². The Kier molecular flexibility index (Phi) is 10.6. The molecule has 6 heteroatoms. The first-order chi connectivity index (χ1) is 11.2. The zero-order valence-electron chi connectivity index (χ0n) is 14.4. The lowest BCUT2D eigenvalue weighted by Crippen LogP contribution is -2.44. The number of hydrogen-bond acceptors (Lipinski definition) is 3. The van der Waals surface area contributed by atoms with Gasteiger partial charge in [-0.3, -0.25) is 4.79 Å². The summed E-state index contributed by atoms with van der Waals surface area (Å²) in [5.41, 5.74) is 1.21. The molecule has 136 valence electrons. The smallest absolute Gasteiger partial charge is 0.223 e. The molecule has 0 bridgehead atoms. The Bertz CT molecular complexity index is 495. The minimum Gasteiger partial charge on any atom is -0.356 e. The van der Waals surface area contributed by atoms with Gasteiger partial charge in [-0.15, -0.1) is 12.4 Å². The Labute approximate surface area is 160 Å². The van der Waals surface area contributed by atoms with Crippen molar-refractivity contribution in [3.05, 3.63) is 34.3 Å². The predicted molar refractivity (Wildman–Crippen MR) is 106 cm³/mol. The number of piperazine rings is 1. The highest BCUT2D eigenvalue weighted by molar-refractivity contribution is 9.10. The van der Waals surface area contributed by atoms with Gasteiger partial charge in [0, 0.05) is 43.1 Å². The van der Waals surface area contributed by atoms with Gasteiger partial charge in [0.2, 0.25) is 5.91 Å². The largest absolute Gasteiger partial charge is 0.356 e. The van der Waals surface area contributed by atoms with E-state index in [0.717, 1.165) is 63.0 Å². The third-order valence-corrected chi connectivity index (χ3v) is 4.89. The molecule has 1 amide bonds. The topological polar surface area (TPSA) is 44.4 Å². The first-order valence-electron chi connectivity index (χ1n) is 8.64. The molecule has 1 atom stereocenters. The monoisotopic (exact) mass is 417 g/mol. The van der Waals surface area contributed by atoms with E-state index in [9.17, 15) is 4.79 Å². The second-order valence-corrected chi connectivity index (χ2v) is 7.09. The van der Waals surface area contributed by atoms with Gasteiger partial charge in [0.15, 0.2) is 0 Å². The van der Waals surface area contributed by atoms with E-state index < -0.39 is 0 Å². The van der Waals surface area contributed by atoms with Crippen molar-refractivity contribution in [2.24, 2.45) is 5.92 Å². The van der Waals surface area contributed by atoms with Crippen molar-refractivity contribution < 1.29 is 4.79 Å². The fraction of sp³-hybridized carbons (Fsp3) is 0.611. The van der Waals surface area contributed by atoms with Crippen LogP contribution >= 0.6 is 28.3 Å². The SMILES string of the molecule is CCC(Cc1cccc(Br)c1)C(=O)NCCCN1CCNCC1.Cl. The summed E-state index contributed by atoms with van der Waals surface area (Å²) >= 11 is 3.49. The molecule has 1 heterocycles. The molecule has 0 aromatic heterocycles. The molecule has 0 saturated carbocycles. The van der Waals surface area contributed by atoms with Crippen molar-refractivity contribution in [3.8, 4) is 0 Å². The fourth-order valence-corrected chi connectivity index (χ4v) is 3.41. The molecule has 0 aliphatic carbocycles. The average Bonchev–Trinajstić information content (AvgIpc) is 2.57. The van der Waals surface area contributed by atoms with E-state index in [1.807, 2.05) is 12.1 Å². The molecule has 1 unspecified atom stereocenters. The van der Waals surface area contributed by atoms with Gasteiger partial charge >= 0.3 is 0 Å². The maximum Gasteiger partial charge on any atom is 0.223 e. The second kappa shape index (κ2) is 11.9. The van der Waals surface area contributed by atoms with Crippen molar-refractivity contribution >= 4 is 34.2 Å². The molecule has 0 radical (unpaired) electrons. The minimum atomic E-state index is 0. The van der Waals surface area contributed by atoms with E-state index in [1.54, 1.807) is 0 Å². The van der Waals surface area contributed by atoms with Crippen LogP contribution in [-0.4, -0.2) is 50.1 Å². The number of nitrogens with zero attached hydrogens (tertiary/aromatic N) is 1. The number of carbonyl (C=O) groups is 1. The Hall–Kier alpha value is -0.620. The molecule has 1 aliphatic heterocycles. The predicted octanol–water partition coefficient (Wildman–Crippen LogP) is 2.85. The third kappa shape index (κ3) is 7.51. The molecule has 1 aliphatic rings. The Morgan fingerprint density at radius 3 is 2.79 bits per heavy atom. The van der Waals surface area contributed by atoms with Gasteiger partial charge in [0.25, 0.3) is 0 Å². The highest BCUT2D eigenvalue weighted by Crippen LogP contribution is 2.17. The van der Waals surface area contributed by atoms with Crippen LogP contribution < -0.4 is 10.6 Å². The summed E-state index contributed by atoms with van der Waals surface area (Å²) in [6.07, 6.45) is 2.70. The highest BCUT2D eigenvalue weighted by atomic mass is 79.9. The summed E-state index contributed by atoms with van der Waals surface area (Å²) in [6.45, 7) is 8.34. The van der Waals surface area contributed by atoms with Crippen LogP contribution in [0.5, 0.6) is 0 Å². The van der Waals surface area contributed by atoms with Crippen LogP contribution in [-0.2, 0) is 11.2 Å². The lowest BCUT2D eigenvalue weighted by Gasteiger charge is -2.27. The molecular weight excluding hydrogens is 390 g/mol. The fourth-order valence-electron chi connectivity index (χ4n) is 2.96. The van der Waals surface area contributed by atoms with Crippen LogP contribution in [0.4, 0.5) is 0 Å². The average molecular weight is 419 g/mol. The Morgan fingerprint density at radius 2 is 2.12 bits per heavy atom. The van der Waals surface area contributed by atoms with Crippen LogP contribution in [0.15, 0.2) is 28.7 Å². The van der Waals surface area contributed by atoms with Crippen molar-refractivity contribution in [3.63, 3.8) is 0 Å². The van der Waals surface area contributed by atoms with Gasteiger partial charge in [-0.1, -0.05) is 35.0 Å². The number of halogens is 2. The van der Waals surface area contributed by atoms with Crippen LogP contribution in [0, 0.1) is 5.92 Å². The van der Waals surface area contributed by atoms with Gasteiger partial charge in [-0.05, 0) is 43.5 Å². The van der Waals surface area contributed by atoms with E-state index in [2.05, 4.69) is 50.5 Å². The number of carbonyl (C=O) groups excluding carboxylic acids is 1. The number of rotatable bonds is 8. The van der Waals surface area contributed by atoms with Crippen molar-refractivity contribution in [1.29, 1.82) is 0 Å². The lowest BCUT2D eigenvalue weighted by atomic mass is 9.96. The maximum absolute atomic E-state index is 12.4. The summed E-state index contributed by atoms with van der Waals surface area (Å²) in [5, 5.41) is 6.47. The quantitative estimate of drug-likeness (QED) is 0.638. The normalized spacial score (nSPS) is 16.2. The molecule has 1 fully saturated rings. The van der Waals surface area contributed by atoms with Gasteiger partial charge in [0.05, 0.1) is 0 Å². The van der Waals surface area contributed by atoms with Crippen LogP contribution in [0.1, 0.15) is 25.3 Å². The molecule has 2 rings (SSSR count). The number of benzene rings is 1. The van der Waals surface area contributed by atoms with Gasteiger partial charge in [-0.2, -0.15) is 0 Å². The molecule has 4 nitrogen and oxygen atoms in total. The summed E-state index contributed by atoms with van der Waals surface area (Å²) in [7, 11) is 0. The molecule has 1 aromatic carbocycles. The molecule has 24 heavy (non-hydrogen) atoms. The Morgan fingerprint density at radius 1 is 1.38 bits per heavy atom. The van der Waals surface area contributed by atoms with E-state index in [-0.39, 0.29) is 24.2 Å². The Balaban J connectivity index is 0.00000288. The lowest BCUT2D eigenvalue weighted by molar-refractivity contribution is -0.125. The second-order valence-electron chi connectivity index (χ2n) is 6.18. The first kappa shape index (κ1) is 21.4. The van der Waals surface area contributed by atoms with E-state index >= 15 is 0 Å².